The molecule has 0 radical (unpaired) electrons. The van der Waals surface area contributed by atoms with Crippen LogP contribution in [0.5, 0.6) is 0 Å². The molecule has 0 atom stereocenters. The molecular weight excluding hydrogens is 482 g/mol. The van der Waals surface area contributed by atoms with Gasteiger partial charge in [0.15, 0.2) is 0 Å². The normalized spacial score (nSPS) is 13.9. The van der Waals surface area contributed by atoms with Crippen LogP contribution in [0.1, 0.15) is 51.5 Å². The maximum absolute atomic E-state index is 14.5. The molecule has 0 spiro atoms. The first-order chi connectivity index (χ1) is 18.5. The van der Waals surface area contributed by atoms with Gasteiger partial charge in [0.05, 0.1) is 13.2 Å². The average molecular weight is 508 g/mol. The standard InChI is InChI=1S/C30H25N3O5/c1-3-37-27(34)25-23(17-11-5-8-14-20(17)31-25)30(19-13-7-10-16-22(19)33-29(30)36)24-18-12-6-9-15-21(18)32-26(24)28(35)38-4-2/h5-16,31-32H,3-4H2,1-2H3,(H,33,36). The number of nitrogens with one attached hydrogen (secondary N) is 3. The number of fused-ring (bicyclic) bond motifs is 3. The fourth-order valence-corrected chi connectivity index (χ4v) is 5.65. The van der Waals surface area contributed by atoms with Gasteiger partial charge in [0.1, 0.15) is 16.8 Å². The molecule has 1 aliphatic rings. The van der Waals surface area contributed by atoms with E-state index < -0.39 is 17.4 Å². The summed E-state index contributed by atoms with van der Waals surface area (Å²) in [5.41, 5.74) is 2.11. The smallest absolute Gasteiger partial charge is 0.355 e. The quantitative estimate of drug-likeness (QED) is 0.270. The number of hydrogen-bond acceptors (Lipinski definition) is 5. The van der Waals surface area contributed by atoms with Crippen LogP contribution in [-0.2, 0) is 19.7 Å². The second kappa shape index (κ2) is 8.92. The van der Waals surface area contributed by atoms with E-state index in [0.29, 0.717) is 44.2 Å². The largest absolute Gasteiger partial charge is 0.461 e. The lowest BCUT2D eigenvalue weighted by Crippen LogP contribution is -2.39. The molecule has 3 aromatic carbocycles. The van der Waals surface area contributed by atoms with E-state index in [0.717, 1.165) is 0 Å². The van der Waals surface area contributed by atoms with E-state index >= 15 is 0 Å². The van der Waals surface area contributed by atoms with Crippen molar-refractivity contribution in [2.24, 2.45) is 0 Å². The van der Waals surface area contributed by atoms with Gasteiger partial charge >= 0.3 is 11.9 Å². The van der Waals surface area contributed by atoms with Crippen LogP contribution in [0.2, 0.25) is 0 Å². The van der Waals surface area contributed by atoms with Crippen molar-refractivity contribution in [2.75, 3.05) is 18.5 Å². The number of carbonyl (C=O) groups excluding carboxylic acids is 3. The summed E-state index contributed by atoms with van der Waals surface area (Å²) in [4.78, 5) is 47.7. The molecule has 3 heterocycles. The Hall–Kier alpha value is -4.85. The Morgan fingerprint density at radius 3 is 1.71 bits per heavy atom. The second-order valence-electron chi connectivity index (χ2n) is 9.03. The Bertz CT molecular complexity index is 1650. The predicted molar refractivity (Wildman–Crippen MR) is 143 cm³/mol. The Balaban J connectivity index is 1.84. The summed E-state index contributed by atoms with van der Waals surface area (Å²) in [5, 5.41) is 4.36. The molecule has 0 bridgehead atoms. The van der Waals surface area contributed by atoms with E-state index in [1.165, 1.54) is 0 Å². The molecule has 5 aromatic rings. The zero-order valence-electron chi connectivity index (χ0n) is 20.9. The van der Waals surface area contributed by atoms with Crippen molar-refractivity contribution in [3.05, 3.63) is 101 Å². The number of anilines is 1. The summed E-state index contributed by atoms with van der Waals surface area (Å²) >= 11 is 0. The van der Waals surface area contributed by atoms with Crippen LogP contribution in [0.3, 0.4) is 0 Å². The van der Waals surface area contributed by atoms with Crippen LogP contribution in [-0.4, -0.2) is 41.0 Å². The van der Waals surface area contributed by atoms with E-state index in [1.54, 1.807) is 13.8 Å². The minimum absolute atomic E-state index is 0.153. The third kappa shape index (κ3) is 3.19. The highest BCUT2D eigenvalue weighted by atomic mass is 16.5. The number of aromatic nitrogens is 2. The van der Waals surface area contributed by atoms with Gasteiger partial charge in [-0.25, -0.2) is 9.59 Å². The highest BCUT2D eigenvalue weighted by Crippen LogP contribution is 2.53. The maximum Gasteiger partial charge on any atom is 0.355 e. The molecule has 1 aliphatic heterocycles. The van der Waals surface area contributed by atoms with Crippen molar-refractivity contribution in [2.45, 2.75) is 19.3 Å². The Morgan fingerprint density at radius 2 is 1.18 bits per heavy atom. The number of para-hydroxylation sites is 3. The van der Waals surface area contributed by atoms with Crippen molar-refractivity contribution in [3.63, 3.8) is 0 Å². The van der Waals surface area contributed by atoms with Crippen LogP contribution in [0, 0.1) is 0 Å². The number of H-pyrrole nitrogens is 2. The van der Waals surface area contributed by atoms with E-state index in [4.69, 9.17) is 9.47 Å². The zero-order chi connectivity index (χ0) is 26.4. The van der Waals surface area contributed by atoms with E-state index in [9.17, 15) is 14.4 Å². The number of carbonyl (C=O) groups is 3. The van der Waals surface area contributed by atoms with E-state index in [1.807, 2.05) is 72.8 Å². The number of rotatable bonds is 6. The third-order valence-electron chi connectivity index (χ3n) is 7.04. The Morgan fingerprint density at radius 1 is 0.711 bits per heavy atom. The molecule has 0 saturated carbocycles. The number of amides is 1. The summed E-state index contributed by atoms with van der Waals surface area (Å²) in [6.45, 7) is 3.77. The van der Waals surface area contributed by atoms with Gasteiger partial charge in [-0.2, -0.15) is 0 Å². The lowest BCUT2D eigenvalue weighted by molar-refractivity contribution is -0.118. The Labute approximate surface area is 218 Å². The molecule has 0 fully saturated rings. The van der Waals surface area contributed by atoms with Gasteiger partial charge < -0.3 is 24.8 Å². The summed E-state index contributed by atoms with van der Waals surface area (Å²) in [5.74, 6) is -1.56. The second-order valence-corrected chi connectivity index (χ2v) is 9.03. The number of benzene rings is 3. The fourth-order valence-electron chi connectivity index (χ4n) is 5.65. The van der Waals surface area contributed by atoms with Crippen molar-refractivity contribution in [3.8, 4) is 0 Å². The minimum Gasteiger partial charge on any atom is -0.461 e. The molecule has 6 rings (SSSR count). The fraction of sp³-hybridized carbons (Fsp3) is 0.167. The van der Waals surface area contributed by atoms with Gasteiger partial charge in [0.25, 0.3) is 0 Å². The topological polar surface area (TPSA) is 113 Å². The lowest BCUT2D eigenvalue weighted by atomic mass is 9.68. The average Bonchev–Trinajstić information content (AvgIpc) is 3.59. The van der Waals surface area contributed by atoms with Crippen LogP contribution in [0.25, 0.3) is 21.8 Å². The summed E-state index contributed by atoms with van der Waals surface area (Å²) in [6, 6.07) is 22.1. The molecule has 38 heavy (non-hydrogen) atoms. The molecule has 0 aliphatic carbocycles. The van der Waals surface area contributed by atoms with Gasteiger partial charge in [-0.05, 0) is 32.0 Å². The highest BCUT2D eigenvalue weighted by molar-refractivity contribution is 6.19. The molecule has 1 amide bonds. The van der Waals surface area contributed by atoms with Gasteiger partial charge in [0.2, 0.25) is 5.91 Å². The number of hydrogen-bond donors (Lipinski definition) is 3. The minimum atomic E-state index is -1.58. The molecule has 3 N–H and O–H groups in total. The Kier molecular flexibility index (Phi) is 5.52. The monoisotopic (exact) mass is 507 g/mol. The van der Waals surface area contributed by atoms with Gasteiger partial charge in [-0.3, -0.25) is 4.79 Å². The third-order valence-corrected chi connectivity index (χ3v) is 7.04. The number of ether oxygens (including phenoxy) is 2. The first-order valence-electron chi connectivity index (χ1n) is 12.5. The van der Waals surface area contributed by atoms with Crippen LogP contribution >= 0.6 is 0 Å². The molecule has 0 unspecified atom stereocenters. The van der Waals surface area contributed by atoms with Crippen molar-refractivity contribution < 1.29 is 23.9 Å². The molecule has 190 valence electrons. The lowest BCUT2D eigenvalue weighted by Gasteiger charge is -2.30. The molecule has 2 aromatic heterocycles. The van der Waals surface area contributed by atoms with E-state index in [-0.39, 0.29) is 30.5 Å². The summed E-state index contributed by atoms with van der Waals surface area (Å²) in [6.07, 6.45) is 0. The van der Waals surface area contributed by atoms with Gasteiger partial charge in [-0.15, -0.1) is 0 Å². The first kappa shape index (κ1) is 23.5. The SMILES string of the molecule is CCOC(=O)c1[nH]c2ccccc2c1C1(c2c(C(=O)OCC)[nH]c3ccccc23)C(=O)Nc2ccccc21. The van der Waals surface area contributed by atoms with Crippen LogP contribution in [0.15, 0.2) is 72.8 Å². The maximum atomic E-state index is 14.5. The molecular formula is C30H25N3O5. The molecule has 0 saturated heterocycles. The predicted octanol–water partition coefficient (Wildman–Crippen LogP) is 5.29. The zero-order valence-corrected chi connectivity index (χ0v) is 20.9. The number of esters is 2. The molecule has 8 nitrogen and oxygen atoms in total. The summed E-state index contributed by atoms with van der Waals surface area (Å²) < 4.78 is 10.9. The van der Waals surface area contributed by atoms with Gasteiger partial charge in [-0.1, -0.05) is 54.6 Å². The van der Waals surface area contributed by atoms with Crippen LogP contribution < -0.4 is 5.32 Å². The summed E-state index contributed by atoms with van der Waals surface area (Å²) in [7, 11) is 0. The highest BCUT2D eigenvalue weighted by Gasteiger charge is 2.56. The first-order valence-corrected chi connectivity index (χ1v) is 12.5. The van der Waals surface area contributed by atoms with Crippen molar-refractivity contribution in [1.29, 1.82) is 0 Å². The van der Waals surface area contributed by atoms with Crippen molar-refractivity contribution >= 4 is 45.3 Å². The van der Waals surface area contributed by atoms with E-state index in [2.05, 4.69) is 15.3 Å². The van der Waals surface area contributed by atoms with Crippen molar-refractivity contribution in [1.82, 2.24) is 9.97 Å². The number of aromatic amines is 2. The molecule has 8 heteroatoms. The van der Waals surface area contributed by atoms with Crippen LogP contribution in [0.4, 0.5) is 5.69 Å². The van der Waals surface area contributed by atoms with Gasteiger partial charge in [0, 0.05) is 44.2 Å².